The van der Waals surface area contributed by atoms with Crippen LogP contribution in [-0.2, 0) is 32.6 Å². The fourth-order valence-corrected chi connectivity index (χ4v) is 7.73. The number of carbonyl (C=O) groups excluding carboxylic acids is 2. The number of aryl methyl sites for hydroxylation is 1. The fourth-order valence-electron chi connectivity index (χ4n) is 6.29. The summed E-state index contributed by atoms with van der Waals surface area (Å²) in [5, 5.41) is 3.25. The normalized spacial score (nSPS) is 14.0. The lowest BCUT2D eigenvalue weighted by molar-refractivity contribution is -0.140. The smallest absolute Gasteiger partial charge is 0.264 e. The molecule has 1 saturated carbocycles. The van der Waals surface area contributed by atoms with E-state index in [0.717, 1.165) is 53.1 Å². The van der Waals surface area contributed by atoms with Crippen molar-refractivity contribution in [1.82, 2.24) is 10.2 Å². The first-order chi connectivity index (χ1) is 23.7. The molecule has 4 aromatic rings. The lowest BCUT2D eigenvalue weighted by Crippen LogP contribution is -2.55. The summed E-state index contributed by atoms with van der Waals surface area (Å²) in [6, 6.07) is 29.2. The lowest BCUT2D eigenvalue weighted by Gasteiger charge is -2.35. The van der Waals surface area contributed by atoms with E-state index in [2.05, 4.69) is 5.32 Å². The van der Waals surface area contributed by atoms with E-state index in [-0.39, 0.29) is 41.2 Å². The maximum atomic E-state index is 14.9. The van der Waals surface area contributed by atoms with Gasteiger partial charge in [-0.2, -0.15) is 0 Å². The van der Waals surface area contributed by atoms with E-state index < -0.39 is 28.5 Å². The predicted molar refractivity (Wildman–Crippen MR) is 191 cm³/mol. The molecule has 10 heteroatoms. The number of hydrogen-bond donors (Lipinski definition) is 1. The van der Waals surface area contributed by atoms with Gasteiger partial charge in [0.05, 0.1) is 24.8 Å². The summed E-state index contributed by atoms with van der Waals surface area (Å²) in [6.07, 6.45) is 5.23. The van der Waals surface area contributed by atoms with Crippen LogP contribution in [0.3, 0.4) is 0 Å². The number of carbonyl (C=O) groups is 2. The van der Waals surface area contributed by atoms with Crippen LogP contribution in [0.25, 0.3) is 0 Å². The monoisotopic (exact) mass is 683 g/mol. The van der Waals surface area contributed by atoms with Crippen LogP contribution >= 0.6 is 0 Å². The van der Waals surface area contributed by atoms with E-state index in [1.165, 1.54) is 37.3 Å². The van der Waals surface area contributed by atoms with Crippen molar-refractivity contribution in [1.29, 1.82) is 0 Å². The third-order valence-corrected chi connectivity index (χ3v) is 10.9. The number of methoxy groups -OCH3 is 2. The molecule has 0 saturated heterocycles. The number of anilines is 1. The molecule has 1 aliphatic carbocycles. The summed E-state index contributed by atoms with van der Waals surface area (Å²) in [4.78, 5) is 30.7. The molecule has 0 radical (unpaired) electrons. The van der Waals surface area contributed by atoms with Crippen LogP contribution in [0.2, 0.25) is 0 Å². The maximum Gasteiger partial charge on any atom is 0.264 e. The number of hydrogen-bond acceptors (Lipinski definition) is 6. The molecule has 5 rings (SSSR count). The number of ether oxygens (including phenoxy) is 2. The minimum atomic E-state index is -4.30. The van der Waals surface area contributed by atoms with Crippen LogP contribution in [-0.4, -0.2) is 58.0 Å². The van der Waals surface area contributed by atoms with Crippen LogP contribution in [0.4, 0.5) is 5.69 Å². The molecule has 0 aliphatic heterocycles. The zero-order valence-electron chi connectivity index (χ0n) is 28.4. The number of sulfonamides is 1. The fraction of sp³-hybridized carbons (Fsp3) is 0.333. The van der Waals surface area contributed by atoms with E-state index in [4.69, 9.17) is 9.47 Å². The van der Waals surface area contributed by atoms with Crippen molar-refractivity contribution in [3.05, 3.63) is 120 Å². The maximum absolute atomic E-state index is 14.9. The van der Waals surface area contributed by atoms with E-state index >= 15 is 0 Å². The van der Waals surface area contributed by atoms with Gasteiger partial charge in [0.1, 0.15) is 24.1 Å². The Morgan fingerprint density at radius 2 is 1.49 bits per heavy atom. The Hall–Kier alpha value is -4.83. The van der Waals surface area contributed by atoms with E-state index in [1.807, 2.05) is 61.5 Å². The Kier molecular flexibility index (Phi) is 12.0. The third kappa shape index (κ3) is 8.80. The molecule has 1 N–H and O–H groups in total. The Labute approximate surface area is 289 Å². The molecule has 1 aliphatic rings. The van der Waals surface area contributed by atoms with Crippen LogP contribution in [0.5, 0.6) is 11.5 Å². The first-order valence-electron chi connectivity index (χ1n) is 16.7. The average Bonchev–Trinajstić information content (AvgIpc) is 3.13. The van der Waals surface area contributed by atoms with E-state index in [0.29, 0.717) is 5.75 Å². The van der Waals surface area contributed by atoms with Crippen LogP contribution in [0.1, 0.15) is 48.8 Å². The highest BCUT2D eigenvalue weighted by Gasteiger charge is 2.36. The largest absolute Gasteiger partial charge is 0.497 e. The highest BCUT2D eigenvalue weighted by Crippen LogP contribution is 2.36. The molecule has 1 atom stereocenters. The average molecular weight is 684 g/mol. The second-order valence-corrected chi connectivity index (χ2v) is 14.2. The summed E-state index contributed by atoms with van der Waals surface area (Å²) >= 11 is 0. The van der Waals surface area contributed by atoms with Gasteiger partial charge in [0.25, 0.3) is 10.0 Å². The van der Waals surface area contributed by atoms with E-state index in [1.54, 1.807) is 30.3 Å². The Bertz CT molecular complexity index is 1810. The summed E-state index contributed by atoms with van der Waals surface area (Å²) in [5.74, 6) is -0.155. The summed E-state index contributed by atoms with van der Waals surface area (Å²) < 4.78 is 40.9. The molecule has 0 bridgehead atoms. The van der Waals surface area contributed by atoms with Crippen LogP contribution in [0.15, 0.2) is 108 Å². The zero-order chi connectivity index (χ0) is 34.8. The highest BCUT2D eigenvalue weighted by molar-refractivity contribution is 7.92. The second kappa shape index (κ2) is 16.5. The molecule has 49 heavy (non-hydrogen) atoms. The van der Waals surface area contributed by atoms with Crippen molar-refractivity contribution in [3.63, 3.8) is 0 Å². The molecular formula is C39H45N3O6S. The van der Waals surface area contributed by atoms with E-state index in [9.17, 15) is 18.0 Å². The third-order valence-electron chi connectivity index (χ3n) is 9.09. The van der Waals surface area contributed by atoms with Crippen LogP contribution in [0, 0.1) is 6.92 Å². The highest BCUT2D eigenvalue weighted by atomic mass is 32.2. The molecular weight excluding hydrogens is 639 g/mol. The van der Waals surface area contributed by atoms with Gasteiger partial charge >= 0.3 is 0 Å². The molecule has 0 heterocycles. The SMILES string of the molecule is COc1ccc(OC)c(N(CC(=O)N(Cc2ccccc2C)[C@H](Cc2ccccc2)C(=O)NC2CCCCC2)S(=O)(=O)c2ccccc2)c1. The van der Waals surface area contributed by atoms with Gasteiger partial charge in [0.15, 0.2) is 0 Å². The van der Waals surface area contributed by atoms with Gasteiger partial charge in [-0.3, -0.25) is 13.9 Å². The van der Waals surface area contributed by atoms with Crippen molar-refractivity contribution >= 4 is 27.5 Å². The van der Waals surface area contributed by atoms with Crippen molar-refractivity contribution in [2.45, 2.75) is 69.0 Å². The first-order valence-corrected chi connectivity index (χ1v) is 18.1. The van der Waals surface area contributed by atoms with Crippen molar-refractivity contribution in [2.24, 2.45) is 0 Å². The Morgan fingerprint density at radius 3 is 2.14 bits per heavy atom. The second-order valence-electron chi connectivity index (χ2n) is 12.4. The molecule has 0 aromatic heterocycles. The Morgan fingerprint density at radius 1 is 0.837 bits per heavy atom. The Balaban J connectivity index is 1.61. The number of benzene rings is 4. The van der Waals surface area contributed by atoms with Gasteiger partial charge in [-0.25, -0.2) is 8.42 Å². The van der Waals surface area contributed by atoms with Crippen LogP contribution < -0.4 is 19.1 Å². The molecule has 0 spiro atoms. The number of rotatable bonds is 14. The van der Waals surface area contributed by atoms with Gasteiger partial charge in [0.2, 0.25) is 11.8 Å². The zero-order valence-corrected chi connectivity index (χ0v) is 29.2. The molecule has 9 nitrogen and oxygen atoms in total. The topological polar surface area (TPSA) is 105 Å². The number of amides is 2. The predicted octanol–water partition coefficient (Wildman–Crippen LogP) is 6.30. The molecule has 4 aromatic carbocycles. The molecule has 1 fully saturated rings. The molecule has 258 valence electrons. The standard InChI is InChI=1S/C39H45N3O6S/c1-29-15-13-14-18-31(29)27-41(36(25-30-16-7-4-8-17-30)39(44)40-32-19-9-5-10-20-32)38(43)28-42(49(45,46)34-21-11-6-12-22-34)35-26-33(47-2)23-24-37(35)48-3/h4,6-8,11-18,21-24,26,32,36H,5,9-10,19-20,25,27-28H2,1-3H3,(H,40,44)/t36-/m1/s1. The van der Waals surface area contributed by atoms with Gasteiger partial charge in [0, 0.05) is 25.1 Å². The van der Waals surface area contributed by atoms with Gasteiger partial charge in [-0.15, -0.1) is 0 Å². The molecule has 0 unspecified atom stereocenters. The van der Waals surface area contributed by atoms with Gasteiger partial charge in [-0.1, -0.05) is 92.1 Å². The summed E-state index contributed by atoms with van der Waals surface area (Å²) in [6.45, 7) is 1.48. The minimum absolute atomic E-state index is 0.00834. The summed E-state index contributed by atoms with van der Waals surface area (Å²) in [7, 11) is -1.38. The molecule has 2 amide bonds. The minimum Gasteiger partial charge on any atom is -0.497 e. The van der Waals surface area contributed by atoms with Gasteiger partial charge < -0.3 is 19.7 Å². The lowest BCUT2D eigenvalue weighted by atomic mass is 9.94. The van der Waals surface area contributed by atoms with Gasteiger partial charge in [-0.05, 0) is 60.7 Å². The quantitative estimate of drug-likeness (QED) is 0.167. The van der Waals surface area contributed by atoms with Crippen molar-refractivity contribution < 1.29 is 27.5 Å². The van der Waals surface area contributed by atoms with Crippen molar-refractivity contribution in [2.75, 3.05) is 25.1 Å². The number of nitrogens with zero attached hydrogens (tertiary/aromatic N) is 2. The first kappa shape index (κ1) is 35.5. The summed E-state index contributed by atoms with van der Waals surface area (Å²) in [5.41, 5.74) is 2.84. The van der Waals surface area contributed by atoms with Crippen molar-refractivity contribution in [3.8, 4) is 11.5 Å². The number of nitrogens with one attached hydrogen (secondary N) is 1.